The first-order valence-electron chi connectivity index (χ1n) is 9.79. The van der Waals surface area contributed by atoms with Crippen LogP contribution in [0.15, 0.2) is 51.7 Å². The summed E-state index contributed by atoms with van der Waals surface area (Å²) in [4.78, 5) is 26.6. The number of Topliss-reactive ketones (excluding diaryl/α,β-unsaturated/α-hetero) is 1. The van der Waals surface area contributed by atoms with E-state index < -0.39 is 5.41 Å². The van der Waals surface area contributed by atoms with Crippen molar-refractivity contribution in [1.29, 1.82) is 5.26 Å². The van der Waals surface area contributed by atoms with Gasteiger partial charge in [0.25, 0.3) is 5.56 Å². The molecule has 0 aliphatic carbocycles. The lowest BCUT2D eigenvalue weighted by Gasteiger charge is -2.15. The number of aryl methyl sites for hydroxylation is 2. The molecule has 0 amide bonds. The Hall–Kier alpha value is -2.75. The third kappa shape index (κ3) is 4.63. The lowest BCUT2D eigenvalue weighted by atomic mass is 9.87. The molecule has 0 atom stereocenters. The molecule has 0 aliphatic heterocycles. The Balaban J connectivity index is 2.50. The third-order valence-electron chi connectivity index (χ3n) is 4.84. The molecule has 3 aromatic rings. The number of ketones is 1. The fourth-order valence-electron chi connectivity index (χ4n) is 3.23. The van der Waals surface area contributed by atoms with Crippen molar-refractivity contribution in [1.82, 2.24) is 4.57 Å². The second-order valence-corrected chi connectivity index (χ2v) is 10.3. The van der Waals surface area contributed by atoms with Crippen LogP contribution in [0.3, 0.4) is 0 Å². The highest BCUT2D eigenvalue weighted by Gasteiger charge is 2.27. The van der Waals surface area contributed by atoms with Gasteiger partial charge in [-0.2, -0.15) is 5.26 Å². The molecule has 6 heteroatoms. The van der Waals surface area contributed by atoms with Crippen molar-refractivity contribution in [2.75, 3.05) is 0 Å². The summed E-state index contributed by atoms with van der Waals surface area (Å²) in [6.45, 7) is 9.22. The summed E-state index contributed by atoms with van der Waals surface area (Å²) in [6, 6.07) is 15.4. The minimum Gasteiger partial charge on any atom is -0.293 e. The molecule has 0 bridgehead atoms. The summed E-state index contributed by atoms with van der Waals surface area (Å²) < 4.78 is 3.18. The molecule has 158 valence electrons. The molecule has 0 saturated heterocycles. The molecule has 4 nitrogen and oxygen atoms in total. The van der Waals surface area contributed by atoms with Crippen LogP contribution in [-0.2, 0) is 4.79 Å². The Morgan fingerprint density at radius 1 is 1.16 bits per heavy atom. The summed E-state index contributed by atoms with van der Waals surface area (Å²) >= 11 is 4.68. The van der Waals surface area contributed by atoms with Crippen LogP contribution in [0.1, 0.15) is 37.5 Å². The van der Waals surface area contributed by atoms with E-state index in [4.69, 9.17) is 0 Å². The Labute approximate surface area is 193 Å². The van der Waals surface area contributed by atoms with Gasteiger partial charge < -0.3 is 0 Å². The lowest BCUT2D eigenvalue weighted by Crippen LogP contribution is -2.33. The van der Waals surface area contributed by atoms with Gasteiger partial charge in [-0.3, -0.25) is 14.2 Å². The van der Waals surface area contributed by atoms with E-state index in [1.165, 1.54) is 15.9 Å². The highest BCUT2D eigenvalue weighted by molar-refractivity contribution is 9.10. The van der Waals surface area contributed by atoms with E-state index in [-0.39, 0.29) is 16.9 Å². The minimum absolute atomic E-state index is 0.00125. The Kier molecular flexibility index (Phi) is 6.49. The summed E-state index contributed by atoms with van der Waals surface area (Å²) in [7, 11) is 0. The monoisotopic (exact) mass is 494 g/mol. The van der Waals surface area contributed by atoms with Gasteiger partial charge in [-0.15, -0.1) is 11.3 Å². The highest BCUT2D eigenvalue weighted by atomic mass is 79.9. The fourth-order valence-corrected chi connectivity index (χ4v) is 4.71. The number of hydrogen-bond donors (Lipinski definition) is 0. The van der Waals surface area contributed by atoms with Gasteiger partial charge in [0.05, 0.1) is 10.2 Å². The number of aromatic nitrogens is 1. The molecule has 1 heterocycles. The van der Waals surface area contributed by atoms with Crippen LogP contribution in [-0.4, -0.2) is 10.4 Å². The standard InChI is InChI=1S/C25H23BrN2O2S/c1-15-10-11-20(16(2)12-15)28-23(30)21(13-17-8-6-7-9-19(17)26)31-24(28)18(14-27)22(29)25(3,4)5/h6-13H,1-5H3/b21-13+,24-18-. The van der Waals surface area contributed by atoms with Gasteiger partial charge in [0.15, 0.2) is 5.78 Å². The zero-order valence-electron chi connectivity index (χ0n) is 18.1. The van der Waals surface area contributed by atoms with Gasteiger partial charge in [0.2, 0.25) is 0 Å². The van der Waals surface area contributed by atoms with Crippen LogP contribution in [0.5, 0.6) is 0 Å². The third-order valence-corrected chi connectivity index (χ3v) is 6.66. The summed E-state index contributed by atoms with van der Waals surface area (Å²) in [6.07, 6.45) is 1.79. The van der Waals surface area contributed by atoms with E-state index in [9.17, 15) is 14.9 Å². The molecule has 0 unspecified atom stereocenters. The molecule has 0 aliphatic rings. The second-order valence-electron chi connectivity index (χ2n) is 8.43. The number of nitrogens with zero attached hydrogens (tertiary/aromatic N) is 2. The Bertz CT molecular complexity index is 1400. The maximum absolute atomic E-state index is 13.5. The number of halogens is 1. The predicted octanol–water partition coefficient (Wildman–Crippen LogP) is 4.40. The first-order chi connectivity index (χ1) is 14.5. The zero-order valence-corrected chi connectivity index (χ0v) is 20.5. The molecule has 0 spiro atoms. The van der Waals surface area contributed by atoms with Crippen LogP contribution in [0.2, 0.25) is 0 Å². The van der Waals surface area contributed by atoms with Crippen molar-refractivity contribution in [3.8, 4) is 11.8 Å². The van der Waals surface area contributed by atoms with Crippen molar-refractivity contribution in [3.05, 3.63) is 83.2 Å². The number of carbonyl (C=O) groups excluding carboxylic acids is 1. The van der Waals surface area contributed by atoms with Crippen LogP contribution in [0.4, 0.5) is 0 Å². The predicted molar refractivity (Wildman–Crippen MR) is 130 cm³/mol. The van der Waals surface area contributed by atoms with E-state index in [0.29, 0.717) is 14.9 Å². The van der Waals surface area contributed by atoms with Gasteiger partial charge in [-0.25, -0.2) is 0 Å². The second kappa shape index (κ2) is 8.78. The van der Waals surface area contributed by atoms with Gasteiger partial charge in [-0.1, -0.05) is 72.6 Å². The largest absolute Gasteiger partial charge is 0.293 e. The number of hydrogen-bond acceptors (Lipinski definition) is 4. The lowest BCUT2D eigenvalue weighted by molar-refractivity contribution is -0.120. The SMILES string of the molecule is Cc1ccc(-n2c(=O)/c(=C\c3ccccc3Br)s/c2=C(/C#N)C(=O)C(C)(C)C)c(C)c1. The van der Waals surface area contributed by atoms with Crippen LogP contribution >= 0.6 is 27.3 Å². The molecule has 0 fully saturated rings. The molecule has 2 aromatic carbocycles. The number of carbonyl (C=O) groups is 1. The fraction of sp³-hybridized carbons (Fsp3) is 0.240. The molecule has 31 heavy (non-hydrogen) atoms. The quantitative estimate of drug-likeness (QED) is 0.541. The first-order valence-corrected chi connectivity index (χ1v) is 11.4. The smallest absolute Gasteiger partial charge is 0.273 e. The van der Waals surface area contributed by atoms with Crippen molar-refractivity contribution in [3.63, 3.8) is 0 Å². The molecule has 0 radical (unpaired) electrons. The molecule has 0 N–H and O–H groups in total. The van der Waals surface area contributed by atoms with Crippen molar-refractivity contribution >= 4 is 44.7 Å². The zero-order chi connectivity index (χ0) is 22.9. The van der Waals surface area contributed by atoms with Crippen molar-refractivity contribution in [2.24, 2.45) is 5.41 Å². The average Bonchev–Trinajstić information content (AvgIpc) is 3.00. The van der Waals surface area contributed by atoms with E-state index in [1.54, 1.807) is 26.8 Å². The van der Waals surface area contributed by atoms with E-state index in [1.807, 2.05) is 56.3 Å². The Morgan fingerprint density at radius 3 is 2.42 bits per heavy atom. The van der Waals surface area contributed by atoms with E-state index >= 15 is 0 Å². The van der Waals surface area contributed by atoms with Crippen LogP contribution in [0.25, 0.3) is 17.3 Å². The van der Waals surface area contributed by atoms with Crippen molar-refractivity contribution < 1.29 is 4.79 Å². The molecule has 1 aromatic heterocycles. The molecular weight excluding hydrogens is 472 g/mol. The number of benzene rings is 2. The maximum Gasteiger partial charge on any atom is 0.273 e. The van der Waals surface area contributed by atoms with Gasteiger partial charge >= 0.3 is 0 Å². The van der Waals surface area contributed by atoms with E-state index in [0.717, 1.165) is 21.2 Å². The summed E-state index contributed by atoms with van der Waals surface area (Å²) in [5, 5.41) is 9.90. The number of rotatable bonds is 3. The number of nitriles is 1. The number of thiazole rings is 1. The normalized spacial score (nSPS) is 13.1. The first kappa shape index (κ1) is 22.9. The van der Waals surface area contributed by atoms with Crippen molar-refractivity contribution in [2.45, 2.75) is 34.6 Å². The average molecular weight is 495 g/mol. The van der Waals surface area contributed by atoms with Crippen LogP contribution < -0.4 is 14.8 Å². The topological polar surface area (TPSA) is 62.9 Å². The van der Waals surface area contributed by atoms with E-state index in [2.05, 4.69) is 22.0 Å². The molecule has 3 rings (SSSR count). The van der Waals surface area contributed by atoms with Gasteiger partial charge in [0, 0.05) is 9.89 Å². The maximum atomic E-state index is 13.5. The van der Waals surface area contributed by atoms with Gasteiger partial charge in [-0.05, 0) is 43.2 Å². The highest BCUT2D eigenvalue weighted by Crippen LogP contribution is 2.21. The minimum atomic E-state index is -0.745. The summed E-state index contributed by atoms with van der Waals surface area (Å²) in [5.74, 6) is -0.290. The molecular formula is C25H23BrN2O2S. The Morgan fingerprint density at radius 2 is 1.84 bits per heavy atom. The summed E-state index contributed by atoms with van der Waals surface area (Å²) in [5.41, 5.74) is 2.49. The van der Waals surface area contributed by atoms with Crippen LogP contribution in [0, 0.1) is 30.6 Å². The van der Waals surface area contributed by atoms with Gasteiger partial charge in [0.1, 0.15) is 16.3 Å². The molecule has 0 saturated carbocycles.